The Morgan fingerprint density at radius 2 is 1.88 bits per heavy atom. The topological polar surface area (TPSA) is 93.1 Å². The summed E-state index contributed by atoms with van der Waals surface area (Å²) in [6.07, 6.45) is 5.44. The molecule has 0 radical (unpaired) electrons. The molecule has 2 aliphatic rings. The van der Waals surface area contributed by atoms with Crippen molar-refractivity contribution < 1.29 is 0 Å². The summed E-state index contributed by atoms with van der Waals surface area (Å²) in [7, 11) is 0. The lowest BCUT2D eigenvalue weighted by atomic mass is 10.1. The number of aromatic nitrogens is 2. The number of nitrogen functional groups attached to an aromatic ring is 1. The minimum absolute atomic E-state index is 0.464. The van der Waals surface area contributed by atoms with Gasteiger partial charge >= 0.3 is 0 Å². The highest BCUT2D eigenvalue weighted by Crippen LogP contribution is 2.48. The predicted molar refractivity (Wildman–Crippen MR) is 97.4 cm³/mol. The quantitative estimate of drug-likeness (QED) is 0.788. The molecule has 126 valence electrons. The second-order valence-electron chi connectivity index (χ2n) is 6.43. The van der Waals surface area contributed by atoms with Gasteiger partial charge in [0.25, 0.3) is 0 Å². The smallest absolute Gasteiger partial charge is 0.167 e. The van der Waals surface area contributed by atoms with E-state index >= 15 is 0 Å². The first-order valence-electron chi connectivity index (χ1n) is 8.32. The lowest BCUT2D eigenvalue weighted by Gasteiger charge is -2.27. The highest BCUT2D eigenvalue weighted by molar-refractivity contribution is 8.01. The Morgan fingerprint density at radius 3 is 2.58 bits per heavy atom. The minimum atomic E-state index is -0.754. The zero-order valence-corrected chi connectivity index (χ0v) is 14.4. The summed E-state index contributed by atoms with van der Waals surface area (Å²) in [6, 6.07) is 8.52. The molecule has 2 aromatic rings. The lowest BCUT2D eigenvalue weighted by Crippen LogP contribution is -2.38. The van der Waals surface area contributed by atoms with Crippen LogP contribution in [0, 0.1) is 0 Å². The van der Waals surface area contributed by atoms with Gasteiger partial charge in [-0.3, -0.25) is 10.6 Å². The van der Waals surface area contributed by atoms with E-state index in [2.05, 4.69) is 44.5 Å². The SMILES string of the molecule is Nc1ncnc2c1SC(N)(c1ccc(CN3CCCCC3)cc1)N2. The van der Waals surface area contributed by atoms with Crippen LogP contribution >= 0.6 is 11.8 Å². The Balaban J connectivity index is 1.50. The van der Waals surface area contributed by atoms with Crippen molar-refractivity contribution in [2.45, 2.75) is 35.7 Å². The summed E-state index contributed by atoms with van der Waals surface area (Å²) in [5.74, 6) is 1.17. The first-order chi connectivity index (χ1) is 11.6. The molecule has 3 heterocycles. The van der Waals surface area contributed by atoms with Crippen LogP contribution < -0.4 is 16.8 Å². The monoisotopic (exact) mass is 342 g/mol. The number of nitrogens with zero attached hydrogens (tertiary/aromatic N) is 3. The van der Waals surface area contributed by atoms with Crippen LogP contribution in [0.15, 0.2) is 35.5 Å². The molecule has 1 unspecified atom stereocenters. The number of piperidine rings is 1. The third-order valence-electron chi connectivity index (χ3n) is 4.64. The van der Waals surface area contributed by atoms with Crippen molar-refractivity contribution in [3.8, 4) is 0 Å². The maximum atomic E-state index is 6.55. The van der Waals surface area contributed by atoms with Crippen LogP contribution in [-0.2, 0) is 11.5 Å². The van der Waals surface area contributed by atoms with Gasteiger partial charge in [-0.1, -0.05) is 42.4 Å². The van der Waals surface area contributed by atoms with Gasteiger partial charge in [-0.25, -0.2) is 9.97 Å². The molecule has 5 N–H and O–H groups in total. The van der Waals surface area contributed by atoms with E-state index in [0.29, 0.717) is 11.6 Å². The number of rotatable bonds is 3. The molecule has 1 saturated heterocycles. The molecule has 0 amide bonds. The summed E-state index contributed by atoms with van der Waals surface area (Å²) >= 11 is 1.47. The summed E-state index contributed by atoms with van der Waals surface area (Å²) in [5.41, 5.74) is 14.8. The van der Waals surface area contributed by atoms with Gasteiger partial charge < -0.3 is 11.1 Å². The van der Waals surface area contributed by atoms with Crippen LogP contribution in [-0.4, -0.2) is 28.0 Å². The maximum absolute atomic E-state index is 6.55. The summed E-state index contributed by atoms with van der Waals surface area (Å²) in [5, 5.41) is 3.27. The second-order valence-corrected chi connectivity index (χ2v) is 7.69. The van der Waals surface area contributed by atoms with Gasteiger partial charge in [0.05, 0.1) is 4.90 Å². The highest BCUT2D eigenvalue weighted by Gasteiger charge is 2.38. The van der Waals surface area contributed by atoms with Gasteiger partial charge in [-0.15, -0.1) is 0 Å². The molecule has 2 aliphatic heterocycles. The van der Waals surface area contributed by atoms with E-state index in [1.807, 2.05) is 0 Å². The van der Waals surface area contributed by atoms with E-state index in [1.54, 1.807) is 0 Å². The normalized spacial score (nSPS) is 23.7. The van der Waals surface area contributed by atoms with Gasteiger partial charge in [-0.05, 0) is 31.5 Å². The van der Waals surface area contributed by atoms with Gasteiger partial charge in [-0.2, -0.15) is 0 Å². The number of anilines is 2. The van der Waals surface area contributed by atoms with Crippen molar-refractivity contribution in [3.05, 3.63) is 41.7 Å². The first-order valence-corrected chi connectivity index (χ1v) is 9.14. The number of hydrogen-bond acceptors (Lipinski definition) is 7. The lowest BCUT2D eigenvalue weighted by molar-refractivity contribution is 0.221. The molecule has 0 bridgehead atoms. The van der Waals surface area contributed by atoms with Gasteiger partial charge in [0.1, 0.15) is 18.0 Å². The van der Waals surface area contributed by atoms with Gasteiger partial charge in [0.2, 0.25) is 0 Å². The Hall–Kier alpha value is -1.83. The number of thioether (sulfide) groups is 1. The zero-order valence-electron chi connectivity index (χ0n) is 13.5. The average molecular weight is 342 g/mol. The molecular weight excluding hydrogens is 320 g/mol. The first kappa shape index (κ1) is 15.7. The molecule has 0 aliphatic carbocycles. The van der Waals surface area contributed by atoms with E-state index < -0.39 is 4.99 Å². The molecule has 7 heteroatoms. The Labute approximate surface area is 146 Å². The van der Waals surface area contributed by atoms with Crippen LogP contribution in [0.5, 0.6) is 0 Å². The second kappa shape index (κ2) is 6.23. The molecular formula is C17H22N6S. The van der Waals surface area contributed by atoms with Gasteiger partial charge in [0, 0.05) is 12.1 Å². The largest absolute Gasteiger partial charge is 0.383 e. The van der Waals surface area contributed by atoms with Crippen LogP contribution in [0.1, 0.15) is 30.4 Å². The van der Waals surface area contributed by atoms with Crippen molar-refractivity contribution in [1.82, 2.24) is 14.9 Å². The summed E-state index contributed by atoms with van der Waals surface area (Å²) in [4.78, 5) is 10.8. The van der Waals surface area contributed by atoms with E-state index in [4.69, 9.17) is 11.5 Å². The van der Waals surface area contributed by atoms with Crippen LogP contribution in [0.3, 0.4) is 0 Å². The Kier molecular flexibility index (Phi) is 4.07. The van der Waals surface area contributed by atoms with E-state index in [0.717, 1.165) is 17.0 Å². The molecule has 6 nitrogen and oxygen atoms in total. The number of benzene rings is 1. The molecule has 0 spiro atoms. The summed E-state index contributed by atoms with van der Waals surface area (Å²) in [6.45, 7) is 3.41. The van der Waals surface area contributed by atoms with Crippen molar-refractivity contribution in [1.29, 1.82) is 0 Å². The molecule has 1 atom stereocenters. The fraction of sp³-hybridized carbons (Fsp3) is 0.412. The maximum Gasteiger partial charge on any atom is 0.167 e. The zero-order chi connectivity index (χ0) is 16.6. The van der Waals surface area contributed by atoms with Crippen LogP contribution in [0.25, 0.3) is 0 Å². The Morgan fingerprint density at radius 1 is 1.12 bits per heavy atom. The number of fused-ring (bicyclic) bond motifs is 1. The average Bonchev–Trinajstić information content (AvgIpc) is 2.96. The fourth-order valence-electron chi connectivity index (χ4n) is 3.30. The fourth-order valence-corrected chi connectivity index (χ4v) is 4.39. The number of hydrogen-bond donors (Lipinski definition) is 3. The van der Waals surface area contributed by atoms with Crippen molar-refractivity contribution >= 4 is 23.4 Å². The Bertz CT molecular complexity index is 728. The molecule has 1 aromatic carbocycles. The third-order valence-corrected chi connectivity index (χ3v) is 5.90. The molecule has 4 rings (SSSR count). The predicted octanol–water partition coefficient (Wildman–Crippen LogP) is 2.33. The number of nitrogens with two attached hydrogens (primary N) is 2. The van der Waals surface area contributed by atoms with E-state index in [9.17, 15) is 0 Å². The van der Waals surface area contributed by atoms with Crippen molar-refractivity contribution in [2.75, 3.05) is 24.1 Å². The molecule has 0 saturated carbocycles. The van der Waals surface area contributed by atoms with Crippen LogP contribution in [0.2, 0.25) is 0 Å². The summed E-state index contributed by atoms with van der Waals surface area (Å²) < 4.78 is 0. The third kappa shape index (κ3) is 2.94. The van der Waals surface area contributed by atoms with Crippen molar-refractivity contribution in [2.24, 2.45) is 5.73 Å². The number of likely N-dealkylation sites (tertiary alicyclic amines) is 1. The van der Waals surface area contributed by atoms with E-state index in [-0.39, 0.29) is 0 Å². The molecule has 24 heavy (non-hydrogen) atoms. The standard InChI is InChI=1S/C17H22N6S/c18-15-14-16(21-11-20-15)22-17(19,24-14)13-6-4-12(5-7-13)10-23-8-2-1-3-9-23/h4-7,11H,1-3,8-10,19H2,(H3,18,20,21,22). The highest BCUT2D eigenvalue weighted by atomic mass is 32.2. The van der Waals surface area contributed by atoms with Crippen LogP contribution in [0.4, 0.5) is 11.6 Å². The van der Waals surface area contributed by atoms with E-state index in [1.165, 1.54) is 56.0 Å². The molecule has 1 aromatic heterocycles. The molecule has 1 fully saturated rings. The van der Waals surface area contributed by atoms with Gasteiger partial charge in [0.15, 0.2) is 4.99 Å². The van der Waals surface area contributed by atoms with Crippen molar-refractivity contribution in [3.63, 3.8) is 0 Å². The number of nitrogens with one attached hydrogen (secondary N) is 1. The minimum Gasteiger partial charge on any atom is -0.383 e.